The summed E-state index contributed by atoms with van der Waals surface area (Å²) in [7, 11) is 1.74. The first kappa shape index (κ1) is 28.7. The average Bonchev–Trinajstić information content (AvgIpc) is 2.73. The van der Waals surface area contributed by atoms with Gasteiger partial charge in [-0.3, -0.25) is 10.2 Å². The smallest absolute Gasteiger partial charge is 0.412 e. The largest absolute Gasteiger partial charge is 0.444 e. The molecule has 0 aromatic heterocycles. The molecule has 0 saturated heterocycles. The molecule has 1 rings (SSSR count). The van der Waals surface area contributed by atoms with Crippen molar-refractivity contribution in [1.29, 1.82) is 0 Å². The fourth-order valence-corrected chi connectivity index (χ4v) is 3.43. The zero-order valence-electron chi connectivity index (χ0n) is 21.6. The number of nitrogens with zero attached hydrogens (tertiary/aromatic N) is 2. The maximum absolute atomic E-state index is 12.0. The van der Waals surface area contributed by atoms with Gasteiger partial charge in [0.05, 0.1) is 5.84 Å². The summed E-state index contributed by atoms with van der Waals surface area (Å²) < 4.78 is 11.1. The molecular formula is C26H44N4O3. The highest BCUT2D eigenvalue weighted by Crippen LogP contribution is 2.18. The summed E-state index contributed by atoms with van der Waals surface area (Å²) in [5, 5.41) is 2.77. The van der Waals surface area contributed by atoms with Crippen LogP contribution in [0.2, 0.25) is 0 Å². The van der Waals surface area contributed by atoms with E-state index in [4.69, 9.17) is 15.2 Å². The number of amidine groups is 1. The third-order valence-corrected chi connectivity index (χ3v) is 4.91. The Morgan fingerprint density at radius 3 is 2.39 bits per heavy atom. The number of benzene rings is 1. The van der Waals surface area contributed by atoms with E-state index in [1.165, 1.54) is 0 Å². The fourth-order valence-electron chi connectivity index (χ4n) is 3.43. The summed E-state index contributed by atoms with van der Waals surface area (Å²) in [6.07, 6.45) is 5.90. The van der Waals surface area contributed by atoms with E-state index >= 15 is 0 Å². The number of methoxy groups -OCH3 is 1. The third-order valence-electron chi connectivity index (χ3n) is 4.91. The molecule has 1 amide bonds. The maximum atomic E-state index is 12.0. The van der Waals surface area contributed by atoms with Crippen molar-refractivity contribution in [2.75, 3.05) is 19.0 Å². The van der Waals surface area contributed by atoms with Gasteiger partial charge in [0, 0.05) is 38.0 Å². The van der Waals surface area contributed by atoms with Crippen LogP contribution in [0.3, 0.4) is 0 Å². The highest BCUT2D eigenvalue weighted by atomic mass is 16.6. The van der Waals surface area contributed by atoms with Gasteiger partial charge in [0.15, 0.2) is 0 Å². The van der Waals surface area contributed by atoms with Gasteiger partial charge in [0.1, 0.15) is 11.8 Å². The van der Waals surface area contributed by atoms with Crippen molar-refractivity contribution in [3.63, 3.8) is 0 Å². The Morgan fingerprint density at radius 2 is 1.88 bits per heavy atom. The minimum absolute atomic E-state index is 0.0569. The molecule has 0 heterocycles. The van der Waals surface area contributed by atoms with Crippen molar-refractivity contribution in [3.8, 4) is 0 Å². The number of carbonyl (C=O) groups is 1. The predicted octanol–water partition coefficient (Wildman–Crippen LogP) is 6.06. The summed E-state index contributed by atoms with van der Waals surface area (Å²) in [6.45, 7) is 13.5. The van der Waals surface area contributed by atoms with E-state index in [1.54, 1.807) is 7.11 Å². The third kappa shape index (κ3) is 11.9. The molecule has 186 valence electrons. The second-order valence-electron chi connectivity index (χ2n) is 9.08. The van der Waals surface area contributed by atoms with Crippen LogP contribution in [0.1, 0.15) is 79.2 Å². The van der Waals surface area contributed by atoms with Gasteiger partial charge < -0.3 is 15.2 Å². The van der Waals surface area contributed by atoms with Gasteiger partial charge in [-0.25, -0.2) is 9.79 Å². The Hall–Kier alpha value is -2.38. The van der Waals surface area contributed by atoms with E-state index in [2.05, 4.69) is 42.1 Å². The van der Waals surface area contributed by atoms with E-state index in [0.29, 0.717) is 17.9 Å². The highest BCUT2D eigenvalue weighted by molar-refractivity contribution is 5.84. The van der Waals surface area contributed by atoms with Crippen LogP contribution in [0, 0.1) is 0 Å². The molecular weight excluding hydrogens is 416 g/mol. The molecule has 0 aliphatic carbocycles. The fraction of sp³-hybridized carbons (Fsp3) is 0.615. The van der Waals surface area contributed by atoms with Crippen molar-refractivity contribution < 1.29 is 14.3 Å². The average molecular weight is 461 g/mol. The number of anilines is 1. The Morgan fingerprint density at radius 1 is 1.21 bits per heavy atom. The topological polar surface area (TPSA) is 89.2 Å². The van der Waals surface area contributed by atoms with E-state index in [9.17, 15) is 4.79 Å². The SMILES string of the molecule is CC/C=C(CC)/N=C(/N)CCC(OC)N(CCC)Cc1ccc(NC(=O)OC(C)(C)C)cc1. The lowest BCUT2D eigenvalue weighted by atomic mass is 10.1. The molecule has 7 nitrogen and oxygen atoms in total. The normalized spacial score (nSPS) is 13.8. The van der Waals surface area contributed by atoms with Crippen LogP contribution in [0.15, 0.2) is 41.0 Å². The molecule has 0 aliphatic heterocycles. The monoisotopic (exact) mass is 460 g/mol. The molecule has 0 bridgehead atoms. The summed E-state index contributed by atoms with van der Waals surface area (Å²) in [6, 6.07) is 7.81. The first-order valence-electron chi connectivity index (χ1n) is 12.0. The minimum atomic E-state index is -0.529. The Bertz CT molecular complexity index is 767. The molecule has 0 saturated carbocycles. The number of hydrogen-bond acceptors (Lipinski definition) is 5. The number of nitrogens with two attached hydrogens (primary N) is 1. The summed E-state index contributed by atoms with van der Waals surface area (Å²) in [4.78, 5) is 18.9. The molecule has 0 fully saturated rings. The zero-order chi connectivity index (χ0) is 24.9. The Labute approximate surface area is 200 Å². The van der Waals surface area contributed by atoms with Crippen LogP contribution in [-0.4, -0.2) is 42.3 Å². The lowest BCUT2D eigenvalue weighted by Gasteiger charge is -2.30. The number of hydrogen-bond donors (Lipinski definition) is 2. The number of aliphatic imine (C=N–C) groups is 1. The zero-order valence-corrected chi connectivity index (χ0v) is 21.6. The molecule has 0 radical (unpaired) electrons. The van der Waals surface area contributed by atoms with Crippen LogP contribution in [0.4, 0.5) is 10.5 Å². The van der Waals surface area contributed by atoms with Gasteiger partial charge in [0.25, 0.3) is 0 Å². The second kappa shape index (κ2) is 14.7. The number of nitrogens with one attached hydrogen (secondary N) is 1. The Balaban J connectivity index is 2.77. The van der Waals surface area contributed by atoms with E-state index in [-0.39, 0.29) is 6.23 Å². The molecule has 3 N–H and O–H groups in total. The molecule has 1 unspecified atom stereocenters. The molecule has 0 aliphatic rings. The first-order chi connectivity index (χ1) is 15.6. The Kier molecular flexibility index (Phi) is 12.8. The first-order valence-corrected chi connectivity index (χ1v) is 12.0. The van der Waals surface area contributed by atoms with E-state index < -0.39 is 11.7 Å². The molecule has 7 heteroatoms. The number of amides is 1. The lowest BCUT2D eigenvalue weighted by Crippen LogP contribution is -2.37. The van der Waals surface area contributed by atoms with Crippen LogP contribution in [-0.2, 0) is 16.0 Å². The van der Waals surface area contributed by atoms with Crippen molar-refractivity contribution in [1.82, 2.24) is 4.90 Å². The van der Waals surface area contributed by atoms with E-state index in [0.717, 1.165) is 50.0 Å². The summed E-state index contributed by atoms with van der Waals surface area (Å²) in [5.74, 6) is 0.646. The van der Waals surface area contributed by atoms with Crippen molar-refractivity contribution in [2.45, 2.75) is 92.0 Å². The van der Waals surface area contributed by atoms with Crippen LogP contribution >= 0.6 is 0 Å². The minimum Gasteiger partial charge on any atom is -0.444 e. The van der Waals surface area contributed by atoms with Crippen LogP contribution in [0.5, 0.6) is 0 Å². The van der Waals surface area contributed by atoms with Gasteiger partial charge in [-0.15, -0.1) is 0 Å². The lowest BCUT2D eigenvalue weighted by molar-refractivity contribution is -0.0411. The van der Waals surface area contributed by atoms with Gasteiger partial charge in [-0.1, -0.05) is 39.0 Å². The predicted molar refractivity (Wildman–Crippen MR) is 137 cm³/mol. The van der Waals surface area contributed by atoms with Crippen LogP contribution < -0.4 is 11.1 Å². The quantitative estimate of drug-likeness (QED) is 0.212. The number of carbonyl (C=O) groups excluding carboxylic acids is 1. The molecule has 0 spiro atoms. The van der Waals surface area contributed by atoms with Gasteiger partial charge in [-0.05, 0) is 64.2 Å². The number of allylic oxidation sites excluding steroid dienone is 2. The molecule has 1 aromatic carbocycles. The molecule has 1 atom stereocenters. The molecule has 1 aromatic rings. The maximum Gasteiger partial charge on any atom is 0.412 e. The van der Waals surface area contributed by atoms with E-state index in [1.807, 2.05) is 45.0 Å². The van der Waals surface area contributed by atoms with Crippen molar-refractivity contribution >= 4 is 17.6 Å². The second-order valence-corrected chi connectivity index (χ2v) is 9.08. The van der Waals surface area contributed by atoms with Crippen LogP contribution in [0.25, 0.3) is 0 Å². The highest BCUT2D eigenvalue weighted by Gasteiger charge is 2.19. The summed E-state index contributed by atoms with van der Waals surface area (Å²) in [5.41, 5.74) is 8.54. The summed E-state index contributed by atoms with van der Waals surface area (Å²) >= 11 is 0. The molecule has 33 heavy (non-hydrogen) atoms. The van der Waals surface area contributed by atoms with Crippen molar-refractivity contribution in [2.24, 2.45) is 10.7 Å². The van der Waals surface area contributed by atoms with Gasteiger partial charge >= 0.3 is 6.09 Å². The van der Waals surface area contributed by atoms with Crippen molar-refractivity contribution in [3.05, 3.63) is 41.6 Å². The van der Waals surface area contributed by atoms with Gasteiger partial charge in [0.2, 0.25) is 0 Å². The number of rotatable bonds is 13. The number of ether oxygens (including phenoxy) is 2. The standard InChI is InChI=1S/C26H44N4O3/c1-8-11-21(10-3)28-23(27)16-17-24(32-7)30(18-9-2)19-20-12-14-22(15-13-20)29-25(31)33-26(4,5)6/h11-15,24H,8-10,16-19H2,1-7H3,(H2,27,28)(H,29,31)/b21-11+. The van der Waals surface area contributed by atoms with Gasteiger partial charge in [-0.2, -0.15) is 0 Å².